The molecule has 2 rings (SSSR count). The average molecular weight is 355 g/mol. The SMILES string of the molecule is CCc1ccc(NC(=O)COC(=O)COc2ccccc2C(C)C)cc1. The number of hydrogen-bond acceptors (Lipinski definition) is 4. The number of benzene rings is 2. The Kier molecular flexibility index (Phi) is 7.21. The lowest BCUT2D eigenvalue weighted by atomic mass is 10.0. The molecule has 0 radical (unpaired) electrons. The molecular weight excluding hydrogens is 330 g/mol. The molecule has 0 saturated heterocycles. The minimum Gasteiger partial charge on any atom is -0.482 e. The van der Waals surface area contributed by atoms with Crippen molar-refractivity contribution in [1.82, 2.24) is 0 Å². The normalized spacial score (nSPS) is 10.5. The zero-order valence-electron chi connectivity index (χ0n) is 15.5. The van der Waals surface area contributed by atoms with Crippen LogP contribution in [-0.2, 0) is 20.7 Å². The van der Waals surface area contributed by atoms with E-state index in [-0.39, 0.29) is 25.0 Å². The van der Waals surface area contributed by atoms with Crippen molar-refractivity contribution < 1.29 is 19.1 Å². The second-order valence-corrected chi connectivity index (χ2v) is 6.24. The maximum atomic E-state index is 11.9. The third-order valence-corrected chi connectivity index (χ3v) is 3.90. The molecule has 2 aromatic carbocycles. The highest BCUT2D eigenvalue weighted by molar-refractivity contribution is 5.92. The number of aryl methyl sites for hydroxylation is 1. The van der Waals surface area contributed by atoms with Crippen LogP contribution < -0.4 is 10.1 Å². The van der Waals surface area contributed by atoms with E-state index in [0.717, 1.165) is 12.0 Å². The van der Waals surface area contributed by atoms with E-state index in [1.807, 2.05) is 48.5 Å². The number of carbonyl (C=O) groups is 2. The van der Waals surface area contributed by atoms with Gasteiger partial charge < -0.3 is 14.8 Å². The number of ether oxygens (including phenoxy) is 2. The van der Waals surface area contributed by atoms with Gasteiger partial charge in [0, 0.05) is 5.69 Å². The third-order valence-electron chi connectivity index (χ3n) is 3.90. The maximum Gasteiger partial charge on any atom is 0.344 e. The molecule has 0 bridgehead atoms. The lowest BCUT2D eigenvalue weighted by molar-refractivity contribution is -0.149. The van der Waals surface area contributed by atoms with Crippen molar-refractivity contribution in [2.45, 2.75) is 33.1 Å². The van der Waals surface area contributed by atoms with Crippen molar-refractivity contribution in [3.8, 4) is 5.75 Å². The Labute approximate surface area is 154 Å². The first kappa shape index (κ1) is 19.5. The Bertz CT molecular complexity index is 738. The van der Waals surface area contributed by atoms with Crippen LogP contribution in [-0.4, -0.2) is 25.1 Å². The van der Waals surface area contributed by atoms with Gasteiger partial charge in [0.05, 0.1) is 0 Å². The number of nitrogens with one attached hydrogen (secondary N) is 1. The van der Waals surface area contributed by atoms with E-state index in [9.17, 15) is 9.59 Å². The summed E-state index contributed by atoms with van der Waals surface area (Å²) in [7, 11) is 0. The highest BCUT2D eigenvalue weighted by atomic mass is 16.6. The van der Waals surface area contributed by atoms with Crippen molar-refractivity contribution in [2.75, 3.05) is 18.5 Å². The highest BCUT2D eigenvalue weighted by Gasteiger charge is 2.11. The molecular formula is C21H25NO4. The third kappa shape index (κ3) is 5.92. The molecule has 5 heteroatoms. The molecule has 0 aliphatic heterocycles. The summed E-state index contributed by atoms with van der Waals surface area (Å²) in [5.41, 5.74) is 2.88. The summed E-state index contributed by atoms with van der Waals surface area (Å²) in [6.07, 6.45) is 0.936. The first-order valence-electron chi connectivity index (χ1n) is 8.75. The molecule has 0 fully saturated rings. The Morgan fingerprint density at radius 3 is 2.35 bits per heavy atom. The summed E-state index contributed by atoms with van der Waals surface area (Å²) in [5, 5.41) is 2.69. The van der Waals surface area contributed by atoms with Gasteiger partial charge in [0.15, 0.2) is 13.2 Å². The van der Waals surface area contributed by atoms with Gasteiger partial charge in [-0.2, -0.15) is 0 Å². The van der Waals surface area contributed by atoms with Crippen LogP contribution in [0.3, 0.4) is 0 Å². The van der Waals surface area contributed by atoms with E-state index >= 15 is 0 Å². The summed E-state index contributed by atoms with van der Waals surface area (Å²) in [4.78, 5) is 23.7. The predicted molar refractivity (Wildman–Crippen MR) is 101 cm³/mol. The van der Waals surface area contributed by atoms with Crippen LogP contribution in [0.15, 0.2) is 48.5 Å². The minimum absolute atomic E-state index is 0.234. The first-order valence-corrected chi connectivity index (χ1v) is 8.75. The monoisotopic (exact) mass is 355 g/mol. The van der Waals surface area contributed by atoms with Crippen LogP contribution in [0, 0.1) is 0 Å². The van der Waals surface area contributed by atoms with Crippen molar-refractivity contribution in [3.05, 3.63) is 59.7 Å². The van der Waals surface area contributed by atoms with E-state index in [0.29, 0.717) is 11.4 Å². The van der Waals surface area contributed by atoms with Crippen LogP contribution in [0.1, 0.15) is 37.8 Å². The Hall–Kier alpha value is -2.82. The van der Waals surface area contributed by atoms with E-state index in [2.05, 4.69) is 26.1 Å². The number of amides is 1. The molecule has 0 heterocycles. The number of para-hydroxylation sites is 1. The molecule has 0 atom stereocenters. The summed E-state index contributed by atoms with van der Waals surface area (Å²) >= 11 is 0. The Balaban J connectivity index is 1.77. The molecule has 0 aliphatic carbocycles. The van der Waals surface area contributed by atoms with Gasteiger partial charge in [0.2, 0.25) is 0 Å². The van der Waals surface area contributed by atoms with E-state index in [1.54, 1.807) is 0 Å². The molecule has 0 spiro atoms. The molecule has 1 amide bonds. The molecule has 2 aromatic rings. The predicted octanol–water partition coefficient (Wildman–Crippen LogP) is 3.93. The van der Waals surface area contributed by atoms with Gasteiger partial charge in [-0.3, -0.25) is 4.79 Å². The second-order valence-electron chi connectivity index (χ2n) is 6.24. The number of carbonyl (C=O) groups excluding carboxylic acids is 2. The summed E-state index contributed by atoms with van der Waals surface area (Å²) in [6.45, 7) is 5.59. The van der Waals surface area contributed by atoms with Gasteiger partial charge in [-0.1, -0.05) is 51.1 Å². The van der Waals surface area contributed by atoms with Crippen LogP contribution in [0.4, 0.5) is 5.69 Å². The average Bonchev–Trinajstić information content (AvgIpc) is 2.65. The van der Waals surface area contributed by atoms with Gasteiger partial charge in [0.25, 0.3) is 5.91 Å². The molecule has 138 valence electrons. The molecule has 0 saturated carbocycles. The van der Waals surface area contributed by atoms with Gasteiger partial charge >= 0.3 is 5.97 Å². The van der Waals surface area contributed by atoms with Crippen molar-refractivity contribution >= 4 is 17.6 Å². The van der Waals surface area contributed by atoms with Crippen LogP contribution in [0.2, 0.25) is 0 Å². The minimum atomic E-state index is -0.583. The van der Waals surface area contributed by atoms with Crippen LogP contribution in [0.25, 0.3) is 0 Å². The van der Waals surface area contributed by atoms with Gasteiger partial charge in [-0.05, 0) is 41.7 Å². The fourth-order valence-electron chi connectivity index (χ4n) is 2.43. The summed E-state index contributed by atoms with van der Waals surface area (Å²) in [6, 6.07) is 15.1. The standard InChI is InChI=1S/C21H25NO4/c1-4-16-9-11-17(12-10-16)22-20(23)13-26-21(24)14-25-19-8-6-5-7-18(19)15(2)3/h5-12,15H,4,13-14H2,1-3H3,(H,22,23). The molecule has 5 nitrogen and oxygen atoms in total. The van der Waals surface area contributed by atoms with Gasteiger partial charge in [-0.15, -0.1) is 0 Å². The van der Waals surface area contributed by atoms with Crippen molar-refractivity contribution in [2.24, 2.45) is 0 Å². The quantitative estimate of drug-likeness (QED) is 0.729. The number of anilines is 1. The second kappa shape index (κ2) is 9.61. The lowest BCUT2D eigenvalue weighted by Gasteiger charge is -2.13. The van der Waals surface area contributed by atoms with E-state index in [1.165, 1.54) is 5.56 Å². The van der Waals surface area contributed by atoms with Gasteiger partial charge in [-0.25, -0.2) is 4.79 Å². The largest absolute Gasteiger partial charge is 0.482 e. The maximum absolute atomic E-state index is 11.9. The first-order chi connectivity index (χ1) is 12.5. The molecule has 0 unspecified atom stereocenters. The lowest BCUT2D eigenvalue weighted by Crippen LogP contribution is -2.23. The zero-order chi connectivity index (χ0) is 18.9. The molecule has 0 aliphatic rings. The zero-order valence-corrected chi connectivity index (χ0v) is 15.5. The highest BCUT2D eigenvalue weighted by Crippen LogP contribution is 2.25. The van der Waals surface area contributed by atoms with Gasteiger partial charge in [0.1, 0.15) is 5.75 Å². The number of rotatable bonds is 8. The summed E-state index contributed by atoms with van der Waals surface area (Å²) < 4.78 is 10.5. The van der Waals surface area contributed by atoms with Crippen molar-refractivity contribution in [1.29, 1.82) is 0 Å². The summed E-state index contributed by atoms with van der Waals surface area (Å²) in [5.74, 6) is -0.0303. The smallest absolute Gasteiger partial charge is 0.344 e. The van der Waals surface area contributed by atoms with Crippen LogP contribution in [0.5, 0.6) is 5.75 Å². The Morgan fingerprint density at radius 2 is 1.69 bits per heavy atom. The molecule has 1 N–H and O–H groups in total. The number of hydrogen-bond donors (Lipinski definition) is 1. The molecule has 0 aromatic heterocycles. The van der Waals surface area contributed by atoms with E-state index < -0.39 is 5.97 Å². The Morgan fingerprint density at radius 1 is 1.00 bits per heavy atom. The fraction of sp³-hybridized carbons (Fsp3) is 0.333. The van der Waals surface area contributed by atoms with Crippen LogP contribution >= 0.6 is 0 Å². The van der Waals surface area contributed by atoms with Crippen molar-refractivity contribution in [3.63, 3.8) is 0 Å². The fourth-order valence-corrected chi connectivity index (χ4v) is 2.43. The topological polar surface area (TPSA) is 64.6 Å². The molecule has 26 heavy (non-hydrogen) atoms. The van der Waals surface area contributed by atoms with E-state index in [4.69, 9.17) is 9.47 Å². The number of esters is 1.